The van der Waals surface area contributed by atoms with Crippen LogP contribution in [0.15, 0.2) is 48.8 Å². The van der Waals surface area contributed by atoms with E-state index < -0.39 is 0 Å². The van der Waals surface area contributed by atoms with Gasteiger partial charge in [-0.1, -0.05) is 18.2 Å². The second kappa shape index (κ2) is 9.14. The van der Waals surface area contributed by atoms with Gasteiger partial charge in [-0.15, -0.1) is 0 Å². The highest BCUT2D eigenvalue weighted by molar-refractivity contribution is 5.85. The number of aromatic nitrogens is 1. The molecule has 0 bridgehead atoms. The van der Waals surface area contributed by atoms with Gasteiger partial charge < -0.3 is 20.3 Å². The molecule has 0 radical (unpaired) electrons. The molecular formula is C24H32N4O2. The summed E-state index contributed by atoms with van der Waals surface area (Å²) in [5.74, 6) is 1.18. The number of ether oxygens (including phenoxy) is 1. The van der Waals surface area contributed by atoms with Gasteiger partial charge in [-0.2, -0.15) is 0 Å². The van der Waals surface area contributed by atoms with E-state index in [0.717, 1.165) is 68.7 Å². The van der Waals surface area contributed by atoms with Gasteiger partial charge in [0.2, 0.25) is 5.91 Å². The van der Waals surface area contributed by atoms with E-state index in [-0.39, 0.29) is 11.5 Å². The van der Waals surface area contributed by atoms with Gasteiger partial charge in [0.1, 0.15) is 5.75 Å². The predicted molar refractivity (Wildman–Crippen MR) is 117 cm³/mol. The Kier molecular flexibility index (Phi) is 6.35. The molecule has 6 heteroatoms. The summed E-state index contributed by atoms with van der Waals surface area (Å²) in [6, 6.07) is 12.0. The van der Waals surface area contributed by atoms with Gasteiger partial charge in [0.25, 0.3) is 0 Å². The lowest BCUT2D eigenvalue weighted by Crippen LogP contribution is -2.45. The molecule has 1 unspecified atom stereocenters. The number of nitrogens with two attached hydrogens (primary N) is 1. The Bertz CT molecular complexity index is 849. The van der Waals surface area contributed by atoms with Crippen LogP contribution >= 0.6 is 0 Å². The quantitative estimate of drug-likeness (QED) is 0.763. The molecule has 1 amide bonds. The number of piperidine rings is 1. The van der Waals surface area contributed by atoms with E-state index >= 15 is 0 Å². The van der Waals surface area contributed by atoms with Crippen LogP contribution in [0, 0.1) is 5.41 Å². The third kappa shape index (κ3) is 4.50. The van der Waals surface area contributed by atoms with Gasteiger partial charge in [-0.3, -0.25) is 9.78 Å². The molecule has 6 nitrogen and oxygen atoms in total. The van der Waals surface area contributed by atoms with Crippen LogP contribution in [0.1, 0.15) is 42.9 Å². The molecule has 4 rings (SSSR count). The van der Waals surface area contributed by atoms with Crippen molar-refractivity contribution in [1.82, 2.24) is 14.8 Å². The van der Waals surface area contributed by atoms with Crippen molar-refractivity contribution < 1.29 is 9.53 Å². The average Bonchev–Trinajstić information content (AvgIpc) is 3.09. The second-order valence-corrected chi connectivity index (χ2v) is 8.63. The first-order valence-electron chi connectivity index (χ1n) is 10.9. The average molecular weight is 409 g/mol. The Morgan fingerprint density at radius 1 is 1.17 bits per heavy atom. The third-order valence-corrected chi connectivity index (χ3v) is 6.79. The first-order chi connectivity index (χ1) is 14.6. The van der Waals surface area contributed by atoms with Crippen molar-refractivity contribution in [2.75, 3.05) is 33.3 Å². The Balaban J connectivity index is 1.27. The lowest BCUT2D eigenvalue weighted by Gasteiger charge is -2.38. The van der Waals surface area contributed by atoms with Crippen LogP contribution in [0.3, 0.4) is 0 Å². The molecule has 1 atom stereocenters. The lowest BCUT2D eigenvalue weighted by atomic mass is 9.77. The molecule has 2 aliphatic heterocycles. The summed E-state index contributed by atoms with van der Waals surface area (Å²) in [7, 11) is 1.68. The fraction of sp³-hybridized carbons (Fsp3) is 0.500. The minimum absolute atomic E-state index is 0.000859. The number of benzene rings is 1. The van der Waals surface area contributed by atoms with Gasteiger partial charge in [-0.25, -0.2) is 0 Å². The Labute approximate surface area is 179 Å². The minimum atomic E-state index is -0.159. The predicted octanol–water partition coefficient (Wildman–Crippen LogP) is 2.99. The van der Waals surface area contributed by atoms with Crippen LogP contribution in [0.2, 0.25) is 0 Å². The Morgan fingerprint density at radius 3 is 2.70 bits per heavy atom. The van der Waals surface area contributed by atoms with E-state index in [1.165, 1.54) is 0 Å². The Hall–Kier alpha value is -2.44. The smallest absolute Gasteiger partial charge is 0.229 e. The number of hydrogen-bond donors (Lipinski definition) is 1. The molecule has 160 valence electrons. The minimum Gasteiger partial charge on any atom is -0.497 e. The SMILES string of the molecule is COc1cccc(C(N)CCN2CCC3(CC2)CCN(Cc2cccnc2)C3=O)c1. The molecule has 0 aliphatic carbocycles. The molecule has 30 heavy (non-hydrogen) atoms. The van der Waals surface area contributed by atoms with Crippen molar-refractivity contribution >= 4 is 5.91 Å². The van der Waals surface area contributed by atoms with E-state index in [2.05, 4.69) is 16.0 Å². The van der Waals surface area contributed by atoms with Crippen LogP contribution < -0.4 is 10.5 Å². The van der Waals surface area contributed by atoms with E-state index in [9.17, 15) is 4.79 Å². The zero-order chi connectivity index (χ0) is 21.0. The van der Waals surface area contributed by atoms with Gasteiger partial charge in [-0.05, 0) is 74.6 Å². The molecule has 2 aromatic rings. The van der Waals surface area contributed by atoms with Gasteiger partial charge in [0.05, 0.1) is 12.5 Å². The molecule has 2 fully saturated rings. The summed E-state index contributed by atoms with van der Waals surface area (Å²) in [6.45, 7) is 4.43. The van der Waals surface area contributed by atoms with Crippen molar-refractivity contribution in [3.63, 3.8) is 0 Å². The normalized spacial score (nSPS) is 19.9. The monoisotopic (exact) mass is 408 g/mol. The number of carbonyl (C=O) groups is 1. The topological polar surface area (TPSA) is 71.7 Å². The summed E-state index contributed by atoms with van der Waals surface area (Å²) in [5, 5.41) is 0. The zero-order valence-corrected chi connectivity index (χ0v) is 17.8. The second-order valence-electron chi connectivity index (χ2n) is 8.63. The standard InChI is InChI=1S/C24H32N4O2/c1-30-21-6-2-5-20(16-21)22(25)7-12-27-13-8-24(9-14-27)10-15-28(23(24)29)18-19-4-3-11-26-17-19/h2-6,11,16-17,22H,7-10,12-15,18,25H2,1H3. The van der Waals surface area contributed by atoms with Gasteiger partial charge in [0.15, 0.2) is 0 Å². The van der Waals surface area contributed by atoms with Crippen molar-refractivity contribution in [3.05, 3.63) is 59.9 Å². The summed E-state index contributed by atoms with van der Waals surface area (Å²) < 4.78 is 5.30. The van der Waals surface area contributed by atoms with E-state index in [0.29, 0.717) is 12.5 Å². The maximum Gasteiger partial charge on any atom is 0.229 e. The van der Waals surface area contributed by atoms with Crippen LogP contribution in [-0.4, -0.2) is 54.0 Å². The fourth-order valence-electron chi connectivity index (χ4n) is 4.78. The summed E-state index contributed by atoms with van der Waals surface area (Å²) >= 11 is 0. The summed E-state index contributed by atoms with van der Waals surface area (Å²) in [6.07, 6.45) is 7.40. The van der Waals surface area contributed by atoms with Crippen LogP contribution in [-0.2, 0) is 11.3 Å². The van der Waals surface area contributed by atoms with E-state index in [1.54, 1.807) is 13.3 Å². The number of methoxy groups -OCH3 is 1. The number of rotatable bonds is 7. The fourth-order valence-corrected chi connectivity index (χ4v) is 4.78. The highest BCUT2D eigenvalue weighted by atomic mass is 16.5. The summed E-state index contributed by atoms with van der Waals surface area (Å²) in [5.41, 5.74) is 8.47. The van der Waals surface area contributed by atoms with Crippen molar-refractivity contribution in [1.29, 1.82) is 0 Å². The highest BCUT2D eigenvalue weighted by Gasteiger charge is 2.47. The van der Waals surface area contributed by atoms with E-state index in [1.807, 2.05) is 41.4 Å². The van der Waals surface area contributed by atoms with E-state index in [4.69, 9.17) is 10.5 Å². The van der Waals surface area contributed by atoms with Gasteiger partial charge >= 0.3 is 0 Å². The lowest BCUT2D eigenvalue weighted by molar-refractivity contribution is -0.138. The van der Waals surface area contributed by atoms with Crippen LogP contribution in [0.4, 0.5) is 0 Å². The maximum absolute atomic E-state index is 13.2. The van der Waals surface area contributed by atoms with Crippen molar-refractivity contribution in [3.8, 4) is 5.75 Å². The van der Waals surface area contributed by atoms with Gasteiger partial charge in [0, 0.05) is 31.5 Å². The van der Waals surface area contributed by atoms with Crippen LogP contribution in [0.5, 0.6) is 5.75 Å². The molecule has 2 N–H and O–H groups in total. The molecular weight excluding hydrogens is 376 g/mol. The van der Waals surface area contributed by atoms with Crippen molar-refractivity contribution in [2.24, 2.45) is 11.1 Å². The number of nitrogens with zero attached hydrogens (tertiary/aromatic N) is 3. The highest BCUT2D eigenvalue weighted by Crippen LogP contribution is 2.42. The zero-order valence-electron chi connectivity index (χ0n) is 17.8. The maximum atomic E-state index is 13.2. The largest absolute Gasteiger partial charge is 0.497 e. The number of pyridine rings is 1. The molecule has 1 aromatic heterocycles. The molecule has 2 saturated heterocycles. The summed E-state index contributed by atoms with van der Waals surface area (Å²) in [4.78, 5) is 21.8. The molecule has 3 heterocycles. The number of amides is 1. The molecule has 2 aliphatic rings. The number of likely N-dealkylation sites (tertiary alicyclic amines) is 2. The Morgan fingerprint density at radius 2 is 1.97 bits per heavy atom. The first-order valence-corrected chi connectivity index (χ1v) is 10.9. The molecule has 1 aromatic carbocycles. The third-order valence-electron chi connectivity index (χ3n) is 6.79. The number of hydrogen-bond acceptors (Lipinski definition) is 5. The molecule has 0 saturated carbocycles. The van der Waals surface area contributed by atoms with Crippen molar-refractivity contribution in [2.45, 2.75) is 38.3 Å². The first kappa shape index (κ1) is 20.8. The number of carbonyl (C=O) groups excluding carboxylic acids is 1. The van der Waals surface area contributed by atoms with Crippen LogP contribution in [0.25, 0.3) is 0 Å². The molecule has 1 spiro atoms.